The largest absolute Gasteiger partial charge is 0.463 e. The van der Waals surface area contributed by atoms with Crippen LogP contribution in [0.1, 0.15) is 24.8 Å². The van der Waals surface area contributed by atoms with Crippen molar-refractivity contribution in [1.29, 1.82) is 0 Å². The fourth-order valence-corrected chi connectivity index (χ4v) is 2.29. The third-order valence-electron chi connectivity index (χ3n) is 2.97. The van der Waals surface area contributed by atoms with Crippen molar-refractivity contribution in [3.05, 3.63) is 48.6 Å². The van der Waals surface area contributed by atoms with E-state index in [9.17, 15) is 4.79 Å². The van der Waals surface area contributed by atoms with Gasteiger partial charge in [-0.05, 0) is 31.2 Å². The van der Waals surface area contributed by atoms with Gasteiger partial charge in [0.2, 0.25) is 0 Å². The maximum absolute atomic E-state index is 10.8. The van der Waals surface area contributed by atoms with Gasteiger partial charge in [0.15, 0.2) is 0 Å². The van der Waals surface area contributed by atoms with Crippen LogP contribution in [0.3, 0.4) is 0 Å². The van der Waals surface area contributed by atoms with Crippen LogP contribution in [-0.4, -0.2) is 29.2 Å². The molecule has 3 nitrogen and oxygen atoms in total. The highest BCUT2D eigenvalue weighted by atomic mass is 28.2. The molecule has 1 aromatic carbocycles. The van der Waals surface area contributed by atoms with E-state index >= 15 is 0 Å². The maximum Gasteiger partial charge on any atom is 0.330 e. The zero-order valence-electron chi connectivity index (χ0n) is 11.5. The SMILES string of the molecule is C=CC(=O)OCCCCC(Cc1ccccc1)O[SiH3]. The molecular weight excluding hydrogens is 256 g/mol. The summed E-state index contributed by atoms with van der Waals surface area (Å²) in [5.74, 6) is -0.347. The molecule has 0 spiro atoms. The Hall–Kier alpha value is -1.39. The van der Waals surface area contributed by atoms with Crippen LogP contribution in [-0.2, 0) is 20.4 Å². The molecule has 1 atom stereocenters. The van der Waals surface area contributed by atoms with E-state index in [1.165, 1.54) is 11.6 Å². The molecule has 0 aliphatic rings. The van der Waals surface area contributed by atoms with Crippen molar-refractivity contribution in [1.82, 2.24) is 0 Å². The zero-order valence-corrected chi connectivity index (χ0v) is 13.5. The smallest absolute Gasteiger partial charge is 0.330 e. The molecule has 19 heavy (non-hydrogen) atoms. The van der Waals surface area contributed by atoms with E-state index in [1.807, 2.05) is 18.2 Å². The van der Waals surface area contributed by atoms with Gasteiger partial charge in [-0.1, -0.05) is 36.9 Å². The number of hydrogen-bond acceptors (Lipinski definition) is 3. The summed E-state index contributed by atoms with van der Waals surface area (Å²) in [6.45, 7) is 3.82. The highest BCUT2D eigenvalue weighted by Gasteiger charge is 2.07. The van der Waals surface area contributed by atoms with Crippen molar-refractivity contribution in [2.24, 2.45) is 0 Å². The molecule has 0 heterocycles. The van der Waals surface area contributed by atoms with Crippen LogP contribution >= 0.6 is 0 Å². The monoisotopic (exact) mass is 278 g/mol. The van der Waals surface area contributed by atoms with E-state index in [4.69, 9.17) is 9.16 Å². The third kappa shape index (κ3) is 6.93. The quantitative estimate of drug-likeness (QED) is 0.299. The number of carbonyl (C=O) groups excluding carboxylic acids is 1. The molecule has 0 radical (unpaired) electrons. The molecule has 1 unspecified atom stereocenters. The first-order valence-corrected chi connectivity index (χ1v) is 7.44. The fourth-order valence-electron chi connectivity index (χ4n) is 1.89. The molecule has 0 saturated heterocycles. The summed E-state index contributed by atoms with van der Waals surface area (Å²) >= 11 is 0. The average molecular weight is 278 g/mol. The summed E-state index contributed by atoms with van der Waals surface area (Å²) in [7, 11) is 0.751. The van der Waals surface area contributed by atoms with Gasteiger partial charge < -0.3 is 9.16 Å². The molecular formula is C15H22O3Si. The van der Waals surface area contributed by atoms with Gasteiger partial charge >= 0.3 is 5.97 Å². The van der Waals surface area contributed by atoms with E-state index in [2.05, 4.69) is 18.7 Å². The summed E-state index contributed by atoms with van der Waals surface area (Å²) in [6.07, 6.45) is 5.31. The summed E-state index contributed by atoms with van der Waals surface area (Å²) in [5.41, 5.74) is 1.31. The lowest BCUT2D eigenvalue weighted by Crippen LogP contribution is -2.15. The predicted molar refractivity (Wildman–Crippen MR) is 80.0 cm³/mol. The third-order valence-corrected chi connectivity index (χ3v) is 3.64. The standard InChI is InChI=1S/C15H22O3Si/c1-2-15(16)17-11-7-6-10-14(18-19)12-13-8-4-3-5-9-13/h2-5,8-9,14H,1,6-7,10-12H2,19H3. The molecule has 104 valence electrons. The summed E-state index contributed by atoms with van der Waals surface area (Å²) in [4.78, 5) is 10.8. The lowest BCUT2D eigenvalue weighted by Gasteiger charge is -2.15. The van der Waals surface area contributed by atoms with Crippen LogP contribution in [0.5, 0.6) is 0 Å². The van der Waals surface area contributed by atoms with Gasteiger partial charge in [0.05, 0.1) is 6.61 Å². The van der Waals surface area contributed by atoms with Crippen LogP contribution in [0.15, 0.2) is 43.0 Å². The first-order valence-electron chi connectivity index (χ1n) is 6.62. The molecule has 0 aromatic heterocycles. The topological polar surface area (TPSA) is 35.5 Å². The second-order valence-corrected chi connectivity index (χ2v) is 4.89. The number of esters is 1. The minimum atomic E-state index is -0.347. The molecule has 0 fully saturated rings. The normalized spacial score (nSPS) is 12.0. The van der Waals surface area contributed by atoms with Crippen LogP contribution < -0.4 is 0 Å². The predicted octanol–water partition coefficient (Wildman–Crippen LogP) is 1.79. The van der Waals surface area contributed by atoms with Crippen LogP contribution in [0, 0.1) is 0 Å². The van der Waals surface area contributed by atoms with Crippen molar-refractivity contribution < 1.29 is 14.0 Å². The minimum Gasteiger partial charge on any atom is -0.463 e. The molecule has 1 rings (SSSR count). The zero-order chi connectivity index (χ0) is 13.9. The average Bonchev–Trinajstić information content (AvgIpc) is 2.46. The lowest BCUT2D eigenvalue weighted by molar-refractivity contribution is -0.137. The van der Waals surface area contributed by atoms with E-state index in [0.717, 1.165) is 36.2 Å². The van der Waals surface area contributed by atoms with E-state index in [0.29, 0.717) is 6.61 Å². The van der Waals surface area contributed by atoms with E-state index < -0.39 is 0 Å². The van der Waals surface area contributed by atoms with Crippen LogP contribution in [0.25, 0.3) is 0 Å². The molecule has 0 aliphatic heterocycles. The van der Waals surface area contributed by atoms with Crippen molar-refractivity contribution in [2.75, 3.05) is 6.61 Å². The number of hydrogen-bond donors (Lipinski definition) is 0. The summed E-state index contributed by atoms with van der Waals surface area (Å²) < 4.78 is 10.6. The number of rotatable bonds is 9. The number of ether oxygens (including phenoxy) is 1. The van der Waals surface area contributed by atoms with Gasteiger partial charge in [0, 0.05) is 12.2 Å². The van der Waals surface area contributed by atoms with Crippen molar-refractivity contribution in [3.63, 3.8) is 0 Å². The van der Waals surface area contributed by atoms with Gasteiger partial charge in [-0.15, -0.1) is 0 Å². The molecule has 0 aliphatic carbocycles. The van der Waals surface area contributed by atoms with Crippen molar-refractivity contribution in [3.8, 4) is 0 Å². The van der Waals surface area contributed by atoms with Gasteiger partial charge in [-0.3, -0.25) is 0 Å². The van der Waals surface area contributed by atoms with Crippen LogP contribution in [0.2, 0.25) is 0 Å². The minimum absolute atomic E-state index is 0.282. The Morgan fingerprint density at radius 3 is 2.68 bits per heavy atom. The second-order valence-electron chi connectivity index (χ2n) is 4.41. The highest BCUT2D eigenvalue weighted by molar-refractivity contribution is 5.98. The Morgan fingerprint density at radius 2 is 2.05 bits per heavy atom. The van der Waals surface area contributed by atoms with E-state index in [-0.39, 0.29) is 12.1 Å². The van der Waals surface area contributed by atoms with Gasteiger partial charge in [-0.25, -0.2) is 4.79 Å². The first-order chi connectivity index (χ1) is 9.26. The lowest BCUT2D eigenvalue weighted by atomic mass is 10.0. The molecule has 0 bridgehead atoms. The number of carbonyl (C=O) groups is 1. The Balaban J connectivity index is 2.18. The first kappa shape index (κ1) is 15.7. The molecule has 1 aromatic rings. The fraction of sp³-hybridized carbons (Fsp3) is 0.400. The van der Waals surface area contributed by atoms with Gasteiger partial charge in [0.25, 0.3) is 0 Å². The molecule has 0 N–H and O–H groups in total. The van der Waals surface area contributed by atoms with Crippen molar-refractivity contribution in [2.45, 2.75) is 31.8 Å². The molecule has 4 heteroatoms. The Kier molecular flexibility index (Phi) is 7.85. The second kappa shape index (κ2) is 9.53. The number of benzene rings is 1. The summed E-state index contributed by atoms with van der Waals surface area (Å²) in [6, 6.07) is 10.4. The Labute approximate surface area is 118 Å². The van der Waals surface area contributed by atoms with Crippen LogP contribution in [0.4, 0.5) is 0 Å². The van der Waals surface area contributed by atoms with Gasteiger partial charge in [0.1, 0.15) is 10.5 Å². The molecule has 0 amide bonds. The Bertz CT molecular complexity index is 378. The summed E-state index contributed by atoms with van der Waals surface area (Å²) in [5, 5.41) is 0. The maximum atomic E-state index is 10.8. The number of unbranched alkanes of at least 4 members (excludes halogenated alkanes) is 1. The van der Waals surface area contributed by atoms with Gasteiger partial charge in [-0.2, -0.15) is 0 Å². The van der Waals surface area contributed by atoms with E-state index in [1.54, 1.807) is 0 Å². The Morgan fingerprint density at radius 1 is 1.32 bits per heavy atom. The highest BCUT2D eigenvalue weighted by Crippen LogP contribution is 2.11. The van der Waals surface area contributed by atoms with Crippen molar-refractivity contribution >= 4 is 16.5 Å². The molecule has 0 saturated carbocycles.